The van der Waals surface area contributed by atoms with E-state index in [2.05, 4.69) is 42.8 Å². The fourth-order valence-corrected chi connectivity index (χ4v) is 3.69. The van der Waals surface area contributed by atoms with Crippen LogP contribution in [0.4, 0.5) is 11.4 Å². The van der Waals surface area contributed by atoms with Crippen molar-refractivity contribution in [1.29, 1.82) is 0 Å². The standard InChI is InChI=1S/C26H24N2.ClH/c1-4-11-21(12-5-1)26-22(19-27-24-15-6-2-7-16-24)13-10-14-23(26)20-28-25-17-8-3-9-18-25;/h1-9,11-12,15-20,22H,10,13-14H2;1H. The maximum atomic E-state index is 4.75. The summed E-state index contributed by atoms with van der Waals surface area (Å²) in [4.78, 5) is 9.49. The highest BCUT2D eigenvalue weighted by Gasteiger charge is 2.22. The molecule has 0 saturated heterocycles. The highest BCUT2D eigenvalue weighted by atomic mass is 35.5. The average Bonchev–Trinajstić information content (AvgIpc) is 2.78. The van der Waals surface area contributed by atoms with Crippen LogP contribution in [0.25, 0.3) is 5.57 Å². The molecule has 3 aromatic rings. The number of rotatable bonds is 5. The Hall–Kier alpha value is -2.97. The van der Waals surface area contributed by atoms with Crippen LogP contribution >= 0.6 is 12.4 Å². The van der Waals surface area contributed by atoms with E-state index >= 15 is 0 Å². The monoisotopic (exact) mass is 400 g/mol. The highest BCUT2D eigenvalue weighted by Crippen LogP contribution is 2.36. The van der Waals surface area contributed by atoms with Gasteiger partial charge in [0.05, 0.1) is 11.4 Å². The van der Waals surface area contributed by atoms with Crippen LogP contribution in [0.3, 0.4) is 0 Å². The molecule has 0 N–H and O–H groups in total. The Morgan fingerprint density at radius 3 is 1.86 bits per heavy atom. The van der Waals surface area contributed by atoms with Crippen molar-refractivity contribution in [1.82, 2.24) is 0 Å². The number of nitrogens with zero attached hydrogens (tertiary/aromatic N) is 2. The molecule has 4 rings (SSSR count). The summed E-state index contributed by atoms with van der Waals surface area (Å²) in [5, 5.41) is 0. The average molecular weight is 401 g/mol. The van der Waals surface area contributed by atoms with Gasteiger partial charge in [-0.3, -0.25) is 9.98 Å². The smallest absolute Gasteiger partial charge is 0.0629 e. The van der Waals surface area contributed by atoms with Gasteiger partial charge in [0.2, 0.25) is 0 Å². The Kier molecular flexibility index (Phi) is 7.54. The highest BCUT2D eigenvalue weighted by molar-refractivity contribution is 5.98. The molecule has 1 unspecified atom stereocenters. The molecule has 0 heterocycles. The van der Waals surface area contributed by atoms with Crippen molar-refractivity contribution in [3.63, 3.8) is 0 Å². The minimum Gasteiger partial charge on any atom is -0.261 e. The Balaban J connectivity index is 0.00000240. The van der Waals surface area contributed by atoms with Crippen LogP contribution < -0.4 is 0 Å². The van der Waals surface area contributed by atoms with Crippen LogP contribution in [0.5, 0.6) is 0 Å². The molecule has 1 aliphatic rings. The third kappa shape index (κ3) is 5.52. The summed E-state index contributed by atoms with van der Waals surface area (Å²) < 4.78 is 0. The summed E-state index contributed by atoms with van der Waals surface area (Å²) in [5.41, 5.74) is 5.92. The minimum absolute atomic E-state index is 0. The predicted molar refractivity (Wildman–Crippen MR) is 127 cm³/mol. The van der Waals surface area contributed by atoms with E-state index in [-0.39, 0.29) is 12.4 Å². The first-order valence-electron chi connectivity index (χ1n) is 9.87. The van der Waals surface area contributed by atoms with Crippen molar-refractivity contribution in [2.75, 3.05) is 0 Å². The summed E-state index contributed by atoms with van der Waals surface area (Å²) in [7, 11) is 0. The van der Waals surface area contributed by atoms with E-state index < -0.39 is 0 Å². The zero-order chi connectivity index (χ0) is 19.0. The first-order valence-corrected chi connectivity index (χ1v) is 9.87. The first-order chi connectivity index (χ1) is 13.9. The second-order valence-electron chi connectivity index (χ2n) is 7.01. The summed E-state index contributed by atoms with van der Waals surface area (Å²) >= 11 is 0. The van der Waals surface area contributed by atoms with Gasteiger partial charge in [-0.05, 0) is 60.2 Å². The van der Waals surface area contributed by atoms with Crippen LogP contribution in [-0.4, -0.2) is 12.4 Å². The van der Waals surface area contributed by atoms with Gasteiger partial charge in [0, 0.05) is 18.3 Å². The lowest BCUT2D eigenvalue weighted by Gasteiger charge is -2.25. The van der Waals surface area contributed by atoms with Crippen molar-refractivity contribution in [3.8, 4) is 0 Å². The van der Waals surface area contributed by atoms with Crippen molar-refractivity contribution in [3.05, 3.63) is 102 Å². The summed E-state index contributed by atoms with van der Waals surface area (Å²) in [6, 6.07) is 31.0. The van der Waals surface area contributed by atoms with E-state index in [1.54, 1.807) is 0 Å². The molecule has 3 heteroatoms. The zero-order valence-electron chi connectivity index (χ0n) is 16.3. The Bertz CT molecular complexity index is 977. The van der Waals surface area contributed by atoms with Crippen LogP contribution in [0, 0.1) is 5.92 Å². The van der Waals surface area contributed by atoms with Gasteiger partial charge in [0.1, 0.15) is 0 Å². The summed E-state index contributed by atoms with van der Waals surface area (Å²) in [5.74, 6) is 0.300. The van der Waals surface area contributed by atoms with Crippen LogP contribution in [0.1, 0.15) is 24.8 Å². The van der Waals surface area contributed by atoms with Gasteiger partial charge < -0.3 is 0 Å². The molecule has 1 aliphatic carbocycles. The molecular weight excluding hydrogens is 376 g/mol. The van der Waals surface area contributed by atoms with E-state index in [0.717, 1.165) is 30.6 Å². The van der Waals surface area contributed by atoms with Gasteiger partial charge in [-0.2, -0.15) is 0 Å². The molecule has 2 nitrogen and oxygen atoms in total. The Labute approximate surface area is 179 Å². The lowest BCUT2D eigenvalue weighted by molar-refractivity contribution is 0.669. The van der Waals surface area contributed by atoms with Crippen LogP contribution in [-0.2, 0) is 0 Å². The Morgan fingerprint density at radius 2 is 1.24 bits per heavy atom. The lowest BCUT2D eigenvalue weighted by Crippen LogP contribution is -2.14. The van der Waals surface area contributed by atoms with Gasteiger partial charge >= 0.3 is 0 Å². The molecule has 0 fully saturated rings. The number of allylic oxidation sites excluding steroid dienone is 2. The predicted octanol–water partition coefficient (Wildman–Crippen LogP) is 7.47. The van der Waals surface area contributed by atoms with E-state index in [4.69, 9.17) is 9.98 Å². The van der Waals surface area contributed by atoms with E-state index in [1.807, 2.05) is 60.7 Å². The maximum absolute atomic E-state index is 4.75. The fourth-order valence-electron chi connectivity index (χ4n) is 3.69. The van der Waals surface area contributed by atoms with Crippen molar-refractivity contribution in [2.45, 2.75) is 19.3 Å². The normalized spacial score (nSPS) is 16.9. The van der Waals surface area contributed by atoms with Crippen molar-refractivity contribution < 1.29 is 0 Å². The zero-order valence-corrected chi connectivity index (χ0v) is 17.1. The van der Waals surface area contributed by atoms with Gasteiger partial charge in [-0.1, -0.05) is 66.7 Å². The number of hydrogen-bond acceptors (Lipinski definition) is 2. The molecule has 146 valence electrons. The summed E-state index contributed by atoms with van der Waals surface area (Å²) in [6.07, 6.45) is 7.49. The number of benzene rings is 3. The molecule has 0 saturated carbocycles. The first kappa shape index (κ1) is 20.8. The van der Waals surface area contributed by atoms with Crippen LogP contribution in [0.2, 0.25) is 0 Å². The topological polar surface area (TPSA) is 24.7 Å². The molecule has 3 aromatic carbocycles. The molecule has 0 amide bonds. The SMILES string of the molecule is C(=Nc1ccccc1)C1=C(c2ccccc2)C(C=Nc2ccccc2)CCC1.Cl. The molecule has 0 bridgehead atoms. The molecule has 0 radical (unpaired) electrons. The fraction of sp³-hybridized carbons (Fsp3) is 0.154. The second-order valence-corrected chi connectivity index (χ2v) is 7.01. The lowest BCUT2D eigenvalue weighted by atomic mass is 9.80. The second kappa shape index (κ2) is 10.5. The molecule has 0 aromatic heterocycles. The van der Waals surface area contributed by atoms with Gasteiger partial charge in [-0.15, -0.1) is 12.4 Å². The Morgan fingerprint density at radius 1 is 0.690 bits per heavy atom. The summed E-state index contributed by atoms with van der Waals surface area (Å²) in [6.45, 7) is 0. The molecule has 0 aliphatic heterocycles. The molecule has 1 atom stereocenters. The van der Waals surface area contributed by atoms with Gasteiger partial charge in [-0.25, -0.2) is 0 Å². The third-order valence-electron chi connectivity index (χ3n) is 5.05. The number of halogens is 1. The number of para-hydroxylation sites is 2. The largest absolute Gasteiger partial charge is 0.261 e. The number of hydrogen-bond donors (Lipinski definition) is 0. The maximum Gasteiger partial charge on any atom is 0.0629 e. The molecule has 0 spiro atoms. The van der Waals surface area contributed by atoms with Crippen LogP contribution in [0.15, 0.2) is 107 Å². The third-order valence-corrected chi connectivity index (χ3v) is 5.05. The van der Waals surface area contributed by atoms with E-state index in [0.29, 0.717) is 5.92 Å². The molecule has 29 heavy (non-hydrogen) atoms. The molecular formula is C26H25ClN2. The van der Waals surface area contributed by atoms with E-state index in [1.165, 1.54) is 16.7 Å². The van der Waals surface area contributed by atoms with Gasteiger partial charge in [0.15, 0.2) is 0 Å². The van der Waals surface area contributed by atoms with Gasteiger partial charge in [0.25, 0.3) is 0 Å². The van der Waals surface area contributed by atoms with Crippen molar-refractivity contribution >= 4 is 41.8 Å². The van der Waals surface area contributed by atoms with Crippen molar-refractivity contribution in [2.24, 2.45) is 15.9 Å². The minimum atomic E-state index is 0. The van der Waals surface area contributed by atoms with E-state index in [9.17, 15) is 0 Å². The number of aliphatic imine (C=N–C) groups is 2. The quantitative estimate of drug-likeness (QED) is 0.397.